The number of aromatic nitrogens is 3. The van der Waals surface area contributed by atoms with Crippen LogP contribution in [0.1, 0.15) is 53.0 Å². The van der Waals surface area contributed by atoms with E-state index in [2.05, 4.69) is 66.2 Å². The lowest BCUT2D eigenvalue weighted by atomic mass is 10.1. The number of ether oxygens (including phenoxy) is 1. The highest BCUT2D eigenvalue weighted by Crippen LogP contribution is 2.24. The van der Waals surface area contributed by atoms with Crippen molar-refractivity contribution in [1.29, 1.82) is 0 Å². The lowest BCUT2D eigenvalue weighted by Crippen LogP contribution is -2.21. The molecule has 8 heteroatoms. The van der Waals surface area contributed by atoms with Crippen LogP contribution >= 0.6 is 0 Å². The van der Waals surface area contributed by atoms with E-state index in [0.717, 1.165) is 40.9 Å². The van der Waals surface area contributed by atoms with Gasteiger partial charge in [0.05, 0.1) is 30.8 Å². The Morgan fingerprint density at radius 1 is 1.16 bits per heavy atom. The number of carbonyl (C=O) groups is 1. The van der Waals surface area contributed by atoms with Crippen LogP contribution in [0.4, 0.5) is 5.69 Å². The standard InChI is InChI=1S/C29H32N6O2/c1-6-9-25-12-13-26(24-14-21(7-2)16-30-17-24)32-35(25)18-22-10-8-11-23(15-22)20(3)31-27-19-34(4)33-28(27)29(36)37-5/h8-17,19,31H,3,6-7,18H2,1-2,4-5H3. The molecule has 3 heterocycles. The first-order valence-corrected chi connectivity index (χ1v) is 12.3. The number of hydrogen-bond acceptors (Lipinski definition) is 7. The fourth-order valence-electron chi connectivity index (χ4n) is 4.05. The second-order valence-corrected chi connectivity index (χ2v) is 8.71. The second-order valence-electron chi connectivity index (χ2n) is 8.71. The molecule has 0 saturated carbocycles. The molecule has 1 aliphatic rings. The van der Waals surface area contributed by atoms with Crippen LogP contribution in [-0.2, 0) is 24.8 Å². The van der Waals surface area contributed by atoms with Crippen LogP contribution in [-0.4, -0.2) is 38.6 Å². The fraction of sp³-hybridized carbons (Fsp3) is 0.241. The lowest BCUT2D eigenvalue weighted by molar-refractivity contribution is 0.0594. The third-order valence-electron chi connectivity index (χ3n) is 5.95. The molecule has 190 valence electrons. The molecule has 3 aromatic rings. The Hall–Kier alpha value is -4.46. The van der Waals surface area contributed by atoms with Crippen molar-refractivity contribution >= 4 is 23.1 Å². The highest BCUT2D eigenvalue weighted by Gasteiger charge is 2.18. The lowest BCUT2D eigenvalue weighted by Gasteiger charge is -2.25. The number of methoxy groups -OCH3 is 1. The first-order valence-electron chi connectivity index (χ1n) is 12.3. The minimum absolute atomic E-state index is 0.209. The number of nitrogens with one attached hydrogen (secondary N) is 1. The summed E-state index contributed by atoms with van der Waals surface area (Å²) in [6.45, 7) is 9.00. The topological polar surface area (TPSA) is 84.6 Å². The molecule has 0 unspecified atom stereocenters. The van der Waals surface area contributed by atoms with Crippen molar-refractivity contribution < 1.29 is 9.53 Å². The summed E-state index contributed by atoms with van der Waals surface area (Å²) in [5, 5.41) is 14.4. The number of rotatable bonds is 9. The summed E-state index contributed by atoms with van der Waals surface area (Å²) in [6.07, 6.45) is 13.6. The van der Waals surface area contributed by atoms with Gasteiger partial charge in [-0.25, -0.2) is 4.79 Å². The molecule has 0 amide bonds. The highest BCUT2D eigenvalue weighted by atomic mass is 16.5. The monoisotopic (exact) mass is 496 g/mol. The summed E-state index contributed by atoms with van der Waals surface area (Å²) in [5.74, 6) is -0.508. The Labute approximate surface area is 217 Å². The Balaban J connectivity index is 1.57. The molecule has 0 fully saturated rings. The van der Waals surface area contributed by atoms with Gasteiger partial charge in [-0.1, -0.05) is 44.7 Å². The maximum atomic E-state index is 12.1. The Kier molecular flexibility index (Phi) is 7.98. The van der Waals surface area contributed by atoms with E-state index in [1.54, 1.807) is 17.9 Å². The van der Waals surface area contributed by atoms with E-state index in [1.165, 1.54) is 12.7 Å². The number of hydrazone groups is 1. The maximum absolute atomic E-state index is 12.1. The van der Waals surface area contributed by atoms with E-state index in [1.807, 2.05) is 35.6 Å². The van der Waals surface area contributed by atoms with Gasteiger partial charge in [0.2, 0.25) is 0 Å². The van der Waals surface area contributed by atoms with Gasteiger partial charge in [-0.15, -0.1) is 0 Å². The molecular formula is C29H32N6O2. The fourth-order valence-corrected chi connectivity index (χ4v) is 4.05. The van der Waals surface area contributed by atoms with Gasteiger partial charge in [-0.2, -0.15) is 10.2 Å². The van der Waals surface area contributed by atoms with E-state index in [4.69, 9.17) is 9.84 Å². The average Bonchev–Trinajstić information content (AvgIpc) is 3.29. The van der Waals surface area contributed by atoms with Crippen molar-refractivity contribution in [3.8, 4) is 0 Å². The normalized spacial score (nSPS) is 14.0. The van der Waals surface area contributed by atoms with E-state index in [9.17, 15) is 4.79 Å². The van der Waals surface area contributed by atoms with Crippen LogP contribution in [0.25, 0.3) is 5.70 Å². The Bertz CT molecular complexity index is 1400. The van der Waals surface area contributed by atoms with Crippen LogP contribution in [0.2, 0.25) is 0 Å². The number of nitrogens with zero attached hydrogens (tertiary/aromatic N) is 5. The molecule has 0 radical (unpaired) electrons. The number of pyridine rings is 1. The molecule has 0 saturated heterocycles. The largest absolute Gasteiger partial charge is 0.464 e. The molecule has 8 nitrogen and oxygen atoms in total. The summed E-state index contributed by atoms with van der Waals surface area (Å²) < 4.78 is 6.41. The van der Waals surface area contributed by atoms with Crippen LogP contribution in [0.3, 0.4) is 0 Å². The van der Waals surface area contributed by atoms with Crippen molar-refractivity contribution in [2.45, 2.75) is 33.2 Å². The predicted octanol–water partition coefficient (Wildman–Crippen LogP) is 5.32. The van der Waals surface area contributed by atoms with Crippen LogP contribution in [0.15, 0.2) is 84.5 Å². The molecule has 37 heavy (non-hydrogen) atoms. The Morgan fingerprint density at radius 2 is 2.00 bits per heavy atom. The molecule has 1 aliphatic heterocycles. The van der Waals surface area contributed by atoms with Gasteiger partial charge in [0.1, 0.15) is 0 Å². The van der Waals surface area contributed by atoms with Crippen LogP contribution in [0.5, 0.6) is 0 Å². The second kappa shape index (κ2) is 11.5. The van der Waals surface area contributed by atoms with Crippen molar-refractivity contribution in [2.75, 3.05) is 12.4 Å². The minimum Gasteiger partial charge on any atom is -0.464 e. The van der Waals surface area contributed by atoms with E-state index >= 15 is 0 Å². The molecular weight excluding hydrogens is 464 g/mol. The molecule has 0 atom stereocenters. The van der Waals surface area contributed by atoms with Crippen molar-refractivity contribution in [3.63, 3.8) is 0 Å². The predicted molar refractivity (Wildman–Crippen MR) is 147 cm³/mol. The number of carbonyl (C=O) groups excluding carboxylic acids is 1. The van der Waals surface area contributed by atoms with E-state index < -0.39 is 5.97 Å². The van der Waals surface area contributed by atoms with E-state index in [-0.39, 0.29) is 5.69 Å². The van der Waals surface area contributed by atoms with Crippen molar-refractivity contribution in [1.82, 2.24) is 19.8 Å². The molecule has 0 bridgehead atoms. The number of hydrogen-bond donors (Lipinski definition) is 1. The quantitative estimate of drug-likeness (QED) is 0.404. The smallest absolute Gasteiger partial charge is 0.360 e. The first-order chi connectivity index (χ1) is 17.9. The van der Waals surface area contributed by atoms with Gasteiger partial charge in [-0.3, -0.25) is 14.7 Å². The molecule has 0 aliphatic carbocycles. The summed E-state index contributed by atoms with van der Waals surface area (Å²) in [5.41, 5.74) is 7.47. The number of allylic oxidation sites excluding steroid dienone is 3. The van der Waals surface area contributed by atoms with Gasteiger partial charge < -0.3 is 10.1 Å². The van der Waals surface area contributed by atoms with Gasteiger partial charge in [0.15, 0.2) is 5.69 Å². The van der Waals surface area contributed by atoms with Gasteiger partial charge in [-0.05, 0) is 53.8 Å². The molecule has 4 rings (SSSR count). The summed E-state index contributed by atoms with van der Waals surface area (Å²) in [4.78, 5) is 16.5. The molecule has 1 aromatic carbocycles. The summed E-state index contributed by atoms with van der Waals surface area (Å²) >= 11 is 0. The first kappa shape index (κ1) is 25.6. The highest BCUT2D eigenvalue weighted by molar-refractivity contribution is 6.09. The number of anilines is 1. The van der Waals surface area contributed by atoms with E-state index in [0.29, 0.717) is 17.9 Å². The third kappa shape index (κ3) is 6.03. The maximum Gasteiger partial charge on any atom is 0.360 e. The molecule has 2 aromatic heterocycles. The Morgan fingerprint density at radius 3 is 2.76 bits per heavy atom. The summed E-state index contributed by atoms with van der Waals surface area (Å²) in [7, 11) is 3.08. The average molecular weight is 497 g/mol. The minimum atomic E-state index is -0.508. The molecule has 1 N–H and O–H groups in total. The zero-order valence-electron chi connectivity index (χ0n) is 21.7. The SMILES string of the molecule is C=C(Nc1cn(C)nc1C(=O)OC)c1cccc(CN2N=C(c3cncc(CC)c3)C=CC2=CCC)c1. The zero-order valence-corrected chi connectivity index (χ0v) is 21.7. The zero-order chi connectivity index (χ0) is 26.4. The number of esters is 1. The van der Waals surface area contributed by atoms with Gasteiger partial charge >= 0.3 is 5.97 Å². The van der Waals surface area contributed by atoms with Crippen molar-refractivity contribution in [2.24, 2.45) is 12.1 Å². The number of aryl methyl sites for hydroxylation is 2. The van der Waals surface area contributed by atoms with Gasteiger partial charge in [0.25, 0.3) is 0 Å². The van der Waals surface area contributed by atoms with Gasteiger partial charge in [0, 0.05) is 36.9 Å². The van der Waals surface area contributed by atoms with Crippen LogP contribution in [0, 0.1) is 0 Å². The van der Waals surface area contributed by atoms with Crippen LogP contribution < -0.4 is 5.32 Å². The summed E-state index contributed by atoms with van der Waals surface area (Å²) in [6, 6.07) is 10.2. The van der Waals surface area contributed by atoms with Crippen molar-refractivity contribution in [3.05, 3.63) is 107 Å². The number of benzene rings is 1. The third-order valence-corrected chi connectivity index (χ3v) is 5.95. The molecule has 0 spiro atoms.